The second kappa shape index (κ2) is 7.78. The number of fused-ring (bicyclic) bond motifs is 2. The number of aryl methyl sites for hydroxylation is 2. The molecule has 1 amide bonds. The van der Waals surface area contributed by atoms with Gasteiger partial charge in [0.15, 0.2) is 5.82 Å². The molecule has 0 bridgehead atoms. The average molecular weight is 399 g/mol. The van der Waals surface area contributed by atoms with Gasteiger partial charge in [-0.2, -0.15) is 0 Å². The number of carbonyl (C=O) groups is 1. The molecule has 2 aromatic carbocycles. The molecule has 6 nitrogen and oxygen atoms in total. The minimum atomic E-state index is -0.0447. The topological polar surface area (TPSA) is 64.7 Å². The fourth-order valence-corrected chi connectivity index (χ4v) is 4.34. The minimum absolute atomic E-state index is 0.0447. The summed E-state index contributed by atoms with van der Waals surface area (Å²) in [6, 6.07) is 18.1. The lowest BCUT2D eigenvalue weighted by atomic mass is 10.2. The Morgan fingerprint density at radius 1 is 1.03 bits per heavy atom. The van der Waals surface area contributed by atoms with E-state index in [9.17, 15) is 4.79 Å². The molecule has 1 aliphatic heterocycles. The minimum Gasteiger partial charge on any atom is -0.335 e. The van der Waals surface area contributed by atoms with Gasteiger partial charge in [0.1, 0.15) is 12.4 Å². The summed E-state index contributed by atoms with van der Waals surface area (Å²) in [4.78, 5) is 12.8. The molecule has 6 heteroatoms. The zero-order valence-corrected chi connectivity index (χ0v) is 17.1. The standard InChI is InChI=1S/C24H25N5O/c1-17-14-18-8-4-5-11-21(18)29(17)16-23(30)25-20-10-7-9-19(15-20)24-27-26-22-12-3-2-6-13-28(22)24/h4-5,7-11,14-15H,2-3,6,12-13,16H2,1H3,(H,25,30). The Morgan fingerprint density at radius 2 is 1.93 bits per heavy atom. The van der Waals surface area contributed by atoms with Crippen molar-refractivity contribution in [2.75, 3.05) is 5.32 Å². The molecule has 3 heterocycles. The second-order valence-corrected chi connectivity index (χ2v) is 7.96. The van der Waals surface area contributed by atoms with Gasteiger partial charge < -0.3 is 14.5 Å². The summed E-state index contributed by atoms with van der Waals surface area (Å²) in [5.74, 6) is 1.90. The van der Waals surface area contributed by atoms with Crippen LogP contribution in [0.3, 0.4) is 0 Å². The van der Waals surface area contributed by atoms with Gasteiger partial charge >= 0.3 is 0 Å². The third-order valence-electron chi connectivity index (χ3n) is 5.83. The summed E-state index contributed by atoms with van der Waals surface area (Å²) >= 11 is 0. The molecule has 152 valence electrons. The number of hydrogen-bond acceptors (Lipinski definition) is 3. The molecule has 5 rings (SSSR count). The molecule has 0 aliphatic carbocycles. The van der Waals surface area contributed by atoms with Crippen LogP contribution in [0.25, 0.3) is 22.3 Å². The van der Waals surface area contributed by atoms with Crippen LogP contribution in [0.1, 0.15) is 30.8 Å². The maximum atomic E-state index is 12.8. The van der Waals surface area contributed by atoms with Gasteiger partial charge in [0.2, 0.25) is 5.91 Å². The predicted molar refractivity (Wildman–Crippen MR) is 118 cm³/mol. The third-order valence-corrected chi connectivity index (χ3v) is 5.83. The average Bonchev–Trinajstić information content (AvgIpc) is 3.19. The smallest absolute Gasteiger partial charge is 0.244 e. The lowest BCUT2D eigenvalue weighted by Gasteiger charge is -2.11. The van der Waals surface area contributed by atoms with E-state index in [4.69, 9.17) is 0 Å². The molecule has 0 fully saturated rings. The van der Waals surface area contributed by atoms with Crippen molar-refractivity contribution < 1.29 is 4.79 Å². The van der Waals surface area contributed by atoms with Gasteiger partial charge in [0, 0.05) is 35.4 Å². The number of aromatic nitrogens is 4. The summed E-state index contributed by atoms with van der Waals surface area (Å²) in [5, 5.41) is 13.0. The molecule has 0 atom stereocenters. The summed E-state index contributed by atoms with van der Waals surface area (Å²) in [5.41, 5.74) is 3.91. The normalized spacial score (nSPS) is 13.8. The quantitative estimate of drug-likeness (QED) is 0.547. The highest BCUT2D eigenvalue weighted by atomic mass is 16.1. The Balaban J connectivity index is 1.37. The fraction of sp³-hybridized carbons (Fsp3) is 0.292. The lowest BCUT2D eigenvalue weighted by molar-refractivity contribution is -0.116. The van der Waals surface area contributed by atoms with Crippen LogP contribution in [-0.4, -0.2) is 25.2 Å². The SMILES string of the molecule is Cc1cc2ccccc2n1CC(=O)Nc1cccc(-c2nnc3n2CCCCC3)c1. The molecule has 1 N–H and O–H groups in total. The molecule has 4 aromatic rings. The molecular formula is C24H25N5O. The largest absolute Gasteiger partial charge is 0.335 e. The first-order chi connectivity index (χ1) is 14.7. The summed E-state index contributed by atoms with van der Waals surface area (Å²) in [6.07, 6.45) is 4.53. The first-order valence-electron chi connectivity index (χ1n) is 10.6. The molecular weight excluding hydrogens is 374 g/mol. The maximum Gasteiger partial charge on any atom is 0.244 e. The van der Waals surface area contributed by atoms with Gasteiger partial charge in [-0.15, -0.1) is 10.2 Å². The molecule has 0 saturated carbocycles. The van der Waals surface area contributed by atoms with Crippen molar-refractivity contribution in [3.8, 4) is 11.4 Å². The van der Waals surface area contributed by atoms with E-state index in [2.05, 4.69) is 32.2 Å². The zero-order valence-electron chi connectivity index (χ0n) is 17.1. The Hall–Kier alpha value is -3.41. The van der Waals surface area contributed by atoms with Crippen LogP contribution in [0.2, 0.25) is 0 Å². The highest BCUT2D eigenvalue weighted by Gasteiger charge is 2.16. The van der Waals surface area contributed by atoms with Crippen molar-refractivity contribution in [2.24, 2.45) is 0 Å². The number of benzene rings is 2. The lowest BCUT2D eigenvalue weighted by Crippen LogP contribution is -2.19. The molecule has 0 saturated heterocycles. The van der Waals surface area contributed by atoms with Crippen LogP contribution in [0, 0.1) is 6.92 Å². The van der Waals surface area contributed by atoms with Gasteiger partial charge in [0.05, 0.1) is 0 Å². The highest BCUT2D eigenvalue weighted by Crippen LogP contribution is 2.25. The van der Waals surface area contributed by atoms with Crippen molar-refractivity contribution in [3.63, 3.8) is 0 Å². The van der Waals surface area contributed by atoms with Crippen molar-refractivity contribution in [1.29, 1.82) is 0 Å². The number of amides is 1. The maximum absolute atomic E-state index is 12.8. The van der Waals surface area contributed by atoms with Gasteiger partial charge in [-0.3, -0.25) is 4.79 Å². The summed E-state index contributed by atoms with van der Waals surface area (Å²) in [6.45, 7) is 3.27. The van der Waals surface area contributed by atoms with Crippen LogP contribution in [-0.2, 0) is 24.3 Å². The fourth-order valence-electron chi connectivity index (χ4n) is 4.34. The van der Waals surface area contributed by atoms with Crippen LogP contribution in [0.5, 0.6) is 0 Å². The molecule has 1 aliphatic rings. The number of nitrogens with zero attached hydrogens (tertiary/aromatic N) is 4. The first kappa shape index (κ1) is 18.6. The Kier molecular flexibility index (Phi) is 4.83. The number of para-hydroxylation sites is 1. The Morgan fingerprint density at radius 3 is 2.87 bits per heavy atom. The van der Waals surface area contributed by atoms with E-state index in [1.54, 1.807) is 0 Å². The monoisotopic (exact) mass is 399 g/mol. The van der Waals surface area contributed by atoms with Crippen LogP contribution in [0.4, 0.5) is 5.69 Å². The second-order valence-electron chi connectivity index (χ2n) is 7.96. The molecule has 30 heavy (non-hydrogen) atoms. The van der Waals surface area contributed by atoms with Crippen molar-refractivity contribution in [1.82, 2.24) is 19.3 Å². The number of anilines is 1. The first-order valence-corrected chi connectivity index (χ1v) is 10.6. The third kappa shape index (κ3) is 3.49. The van der Waals surface area contributed by atoms with E-state index in [-0.39, 0.29) is 12.5 Å². The van der Waals surface area contributed by atoms with Gasteiger partial charge in [-0.1, -0.05) is 36.8 Å². The predicted octanol–water partition coefficient (Wildman–Crippen LogP) is 4.57. The van der Waals surface area contributed by atoms with Crippen LogP contribution >= 0.6 is 0 Å². The number of rotatable bonds is 4. The molecule has 0 radical (unpaired) electrons. The van der Waals surface area contributed by atoms with Crippen LogP contribution < -0.4 is 5.32 Å². The van der Waals surface area contributed by atoms with Gasteiger partial charge in [0.25, 0.3) is 0 Å². The van der Waals surface area contributed by atoms with Crippen molar-refractivity contribution in [2.45, 2.75) is 45.7 Å². The van der Waals surface area contributed by atoms with Crippen LogP contribution in [0.15, 0.2) is 54.6 Å². The Bertz CT molecular complexity index is 1220. The van der Waals surface area contributed by atoms with Gasteiger partial charge in [-0.25, -0.2) is 0 Å². The summed E-state index contributed by atoms with van der Waals surface area (Å²) in [7, 11) is 0. The Labute approximate surface area is 175 Å². The van der Waals surface area contributed by atoms with Gasteiger partial charge in [-0.05, 0) is 49.4 Å². The van der Waals surface area contributed by atoms with Crippen molar-refractivity contribution in [3.05, 3.63) is 66.1 Å². The van der Waals surface area contributed by atoms with E-state index < -0.39 is 0 Å². The number of nitrogens with one attached hydrogen (secondary N) is 1. The summed E-state index contributed by atoms with van der Waals surface area (Å²) < 4.78 is 4.27. The molecule has 2 aromatic heterocycles. The molecule has 0 spiro atoms. The van der Waals surface area contributed by atoms with E-state index in [0.717, 1.165) is 58.9 Å². The van der Waals surface area contributed by atoms with E-state index in [1.165, 1.54) is 12.8 Å². The highest BCUT2D eigenvalue weighted by molar-refractivity contribution is 5.92. The van der Waals surface area contributed by atoms with Crippen molar-refractivity contribution >= 4 is 22.5 Å². The zero-order chi connectivity index (χ0) is 20.5. The number of hydrogen-bond donors (Lipinski definition) is 1. The molecule has 0 unspecified atom stereocenters. The van der Waals surface area contributed by atoms with E-state index >= 15 is 0 Å². The number of carbonyl (C=O) groups excluding carboxylic acids is 1. The van der Waals surface area contributed by atoms with E-state index in [0.29, 0.717) is 0 Å². The van der Waals surface area contributed by atoms with E-state index in [1.807, 2.05) is 54.0 Å².